The van der Waals surface area contributed by atoms with Crippen LogP contribution in [0.25, 0.3) is 0 Å². The van der Waals surface area contributed by atoms with Crippen LogP contribution in [0.4, 0.5) is 4.79 Å². The van der Waals surface area contributed by atoms with Crippen molar-refractivity contribution in [2.75, 3.05) is 13.7 Å². The van der Waals surface area contributed by atoms with Gasteiger partial charge in [0.1, 0.15) is 18.3 Å². The molecule has 7 heteroatoms. The van der Waals surface area contributed by atoms with Gasteiger partial charge in [0.15, 0.2) is 6.23 Å². The summed E-state index contributed by atoms with van der Waals surface area (Å²) in [6.07, 6.45) is -5.72. The highest BCUT2D eigenvalue weighted by Crippen LogP contribution is 2.13. The Labute approximate surface area is 80.2 Å². The van der Waals surface area contributed by atoms with Crippen LogP contribution < -0.4 is 5.32 Å². The molecule has 14 heavy (non-hydrogen) atoms. The second kappa shape index (κ2) is 4.56. The van der Waals surface area contributed by atoms with Crippen LogP contribution in [0.3, 0.4) is 0 Å². The van der Waals surface area contributed by atoms with Crippen molar-refractivity contribution in [1.29, 1.82) is 0 Å². The number of hydrogen-bond donors (Lipinski definition) is 4. The average molecular weight is 207 g/mol. The van der Waals surface area contributed by atoms with Gasteiger partial charge in [0.05, 0.1) is 13.7 Å². The minimum atomic E-state index is -1.38. The summed E-state index contributed by atoms with van der Waals surface area (Å²) in [4.78, 5) is 10.7. The molecule has 1 rings (SSSR count). The van der Waals surface area contributed by atoms with Gasteiger partial charge in [-0.2, -0.15) is 0 Å². The molecule has 1 saturated heterocycles. The predicted molar refractivity (Wildman–Crippen MR) is 43.3 cm³/mol. The molecule has 0 aromatic carbocycles. The number of carbonyl (C=O) groups excluding carboxylic acids is 1. The van der Waals surface area contributed by atoms with Crippen LogP contribution in [0.1, 0.15) is 0 Å². The number of amides is 1. The molecule has 0 unspecified atom stereocenters. The molecule has 82 valence electrons. The predicted octanol–water partition coefficient (Wildman–Crippen LogP) is -2.22. The molecule has 0 bridgehead atoms. The summed E-state index contributed by atoms with van der Waals surface area (Å²) in [5, 5.41) is 29.8. The standard InChI is InChI=1S/C7H13NO6/c1-13-7(12)8-6-5(11)4(10)3(9)2-14-6/h3-6,9-11H,2H2,1H3,(H,8,12)/t3-,4-,5+,6+/m0/s1. The molecule has 0 aliphatic carbocycles. The molecular weight excluding hydrogens is 194 g/mol. The number of alkyl carbamates (subject to hydrolysis) is 1. The third-order valence-corrected chi connectivity index (χ3v) is 1.95. The zero-order valence-electron chi connectivity index (χ0n) is 7.58. The molecule has 0 radical (unpaired) electrons. The minimum absolute atomic E-state index is 0.160. The van der Waals surface area contributed by atoms with Crippen LogP contribution in [0.2, 0.25) is 0 Å². The Morgan fingerprint density at radius 3 is 2.64 bits per heavy atom. The highest BCUT2D eigenvalue weighted by atomic mass is 16.6. The number of methoxy groups -OCH3 is 1. The van der Waals surface area contributed by atoms with E-state index < -0.39 is 30.6 Å². The van der Waals surface area contributed by atoms with Crippen LogP contribution in [0.5, 0.6) is 0 Å². The summed E-state index contributed by atoms with van der Waals surface area (Å²) in [5.74, 6) is 0. The van der Waals surface area contributed by atoms with Crippen molar-refractivity contribution in [3.05, 3.63) is 0 Å². The maximum Gasteiger partial charge on any atom is 0.408 e. The van der Waals surface area contributed by atoms with Gasteiger partial charge in [-0.3, -0.25) is 5.32 Å². The van der Waals surface area contributed by atoms with Crippen LogP contribution in [-0.2, 0) is 9.47 Å². The Kier molecular flexibility index (Phi) is 3.64. The first-order valence-corrected chi connectivity index (χ1v) is 4.06. The van der Waals surface area contributed by atoms with Gasteiger partial charge in [0, 0.05) is 0 Å². The van der Waals surface area contributed by atoms with Crippen molar-refractivity contribution >= 4 is 6.09 Å². The van der Waals surface area contributed by atoms with Crippen molar-refractivity contribution in [3.63, 3.8) is 0 Å². The lowest BCUT2D eigenvalue weighted by Gasteiger charge is -2.34. The number of aliphatic hydroxyl groups is 3. The van der Waals surface area contributed by atoms with E-state index in [0.29, 0.717) is 0 Å². The van der Waals surface area contributed by atoms with E-state index in [1.165, 1.54) is 0 Å². The third kappa shape index (κ3) is 2.32. The number of rotatable bonds is 1. The fourth-order valence-electron chi connectivity index (χ4n) is 1.11. The van der Waals surface area contributed by atoms with Gasteiger partial charge in [0.25, 0.3) is 0 Å². The highest BCUT2D eigenvalue weighted by molar-refractivity contribution is 5.67. The zero-order chi connectivity index (χ0) is 10.7. The van der Waals surface area contributed by atoms with Crippen LogP contribution >= 0.6 is 0 Å². The normalized spacial score (nSPS) is 37.7. The molecule has 4 N–H and O–H groups in total. The minimum Gasteiger partial charge on any atom is -0.453 e. The summed E-state index contributed by atoms with van der Waals surface area (Å²) in [6, 6.07) is 0. The third-order valence-electron chi connectivity index (χ3n) is 1.95. The maximum atomic E-state index is 10.7. The lowest BCUT2D eigenvalue weighted by atomic mass is 10.0. The number of hydrogen-bond acceptors (Lipinski definition) is 6. The molecule has 0 saturated carbocycles. The average Bonchev–Trinajstić information content (AvgIpc) is 2.19. The molecule has 0 spiro atoms. The summed E-state index contributed by atoms with van der Waals surface area (Å²) < 4.78 is 9.15. The highest BCUT2D eigenvalue weighted by Gasteiger charge is 2.38. The Morgan fingerprint density at radius 1 is 1.43 bits per heavy atom. The maximum absolute atomic E-state index is 10.7. The van der Waals surface area contributed by atoms with Crippen molar-refractivity contribution in [3.8, 4) is 0 Å². The van der Waals surface area contributed by atoms with Crippen molar-refractivity contribution in [1.82, 2.24) is 5.32 Å². The largest absolute Gasteiger partial charge is 0.453 e. The van der Waals surface area contributed by atoms with Gasteiger partial charge >= 0.3 is 6.09 Å². The summed E-state index contributed by atoms with van der Waals surface area (Å²) in [5.41, 5.74) is 0. The Morgan fingerprint density at radius 2 is 2.07 bits per heavy atom. The van der Waals surface area contributed by atoms with Crippen molar-refractivity contribution in [2.45, 2.75) is 24.5 Å². The van der Waals surface area contributed by atoms with Gasteiger partial charge in [-0.25, -0.2) is 4.79 Å². The lowest BCUT2D eigenvalue weighted by Crippen LogP contribution is -2.58. The smallest absolute Gasteiger partial charge is 0.408 e. The van der Waals surface area contributed by atoms with Gasteiger partial charge in [-0.15, -0.1) is 0 Å². The van der Waals surface area contributed by atoms with E-state index in [2.05, 4.69) is 10.1 Å². The lowest BCUT2D eigenvalue weighted by molar-refractivity contribution is -0.192. The molecule has 1 aliphatic heterocycles. The molecule has 4 atom stereocenters. The van der Waals surface area contributed by atoms with E-state index in [0.717, 1.165) is 7.11 Å². The van der Waals surface area contributed by atoms with E-state index in [9.17, 15) is 15.0 Å². The number of aliphatic hydroxyl groups excluding tert-OH is 3. The van der Waals surface area contributed by atoms with Gasteiger partial charge in [0.2, 0.25) is 0 Å². The molecule has 1 amide bonds. The molecule has 0 aromatic rings. The van der Waals surface area contributed by atoms with Crippen LogP contribution in [0, 0.1) is 0 Å². The van der Waals surface area contributed by atoms with E-state index in [1.54, 1.807) is 0 Å². The quantitative estimate of drug-likeness (QED) is 0.388. The van der Waals surface area contributed by atoms with E-state index in [-0.39, 0.29) is 6.61 Å². The SMILES string of the molecule is COC(=O)N[C@@H]1OC[C@H](O)[C@H](O)[C@H]1O. The fraction of sp³-hybridized carbons (Fsp3) is 0.857. The summed E-state index contributed by atoms with van der Waals surface area (Å²) >= 11 is 0. The fourth-order valence-corrected chi connectivity index (χ4v) is 1.11. The first-order chi connectivity index (χ1) is 6.56. The second-order valence-electron chi connectivity index (χ2n) is 2.94. The molecule has 1 heterocycles. The monoisotopic (exact) mass is 207 g/mol. The van der Waals surface area contributed by atoms with Crippen molar-refractivity contribution < 1.29 is 29.6 Å². The molecule has 1 fully saturated rings. The zero-order valence-corrected chi connectivity index (χ0v) is 7.58. The van der Waals surface area contributed by atoms with Gasteiger partial charge in [-0.05, 0) is 0 Å². The molecule has 0 aromatic heterocycles. The van der Waals surface area contributed by atoms with Crippen molar-refractivity contribution in [2.24, 2.45) is 0 Å². The first-order valence-electron chi connectivity index (χ1n) is 4.06. The topological polar surface area (TPSA) is 108 Å². The second-order valence-corrected chi connectivity index (χ2v) is 2.94. The van der Waals surface area contributed by atoms with Gasteiger partial charge < -0.3 is 24.8 Å². The van der Waals surface area contributed by atoms with E-state index in [4.69, 9.17) is 9.84 Å². The number of ether oxygens (including phenoxy) is 2. The summed E-state index contributed by atoms with van der Waals surface area (Å²) in [7, 11) is 1.16. The van der Waals surface area contributed by atoms with E-state index >= 15 is 0 Å². The Hall–Kier alpha value is -0.890. The first kappa shape index (κ1) is 11.2. The van der Waals surface area contributed by atoms with Crippen LogP contribution in [0.15, 0.2) is 0 Å². The van der Waals surface area contributed by atoms with Gasteiger partial charge in [-0.1, -0.05) is 0 Å². The molecular formula is C7H13NO6. The molecule has 7 nitrogen and oxygen atoms in total. The van der Waals surface area contributed by atoms with Crippen LogP contribution in [-0.4, -0.2) is 59.7 Å². The Bertz CT molecular complexity index is 210. The number of nitrogens with one attached hydrogen (secondary N) is 1. The molecule has 1 aliphatic rings. The van der Waals surface area contributed by atoms with E-state index in [1.807, 2.05) is 0 Å². The summed E-state index contributed by atoms with van der Waals surface area (Å²) in [6.45, 7) is -0.160. The number of carbonyl (C=O) groups is 1. The Balaban J connectivity index is 2.50.